The second-order valence-corrected chi connectivity index (χ2v) is 7.25. The zero-order valence-corrected chi connectivity index (χ0v) is 17.3. The van der Waals surface area contributed by atoms with Gasteiger partial charge < -0.3 is 15.4 Å². The predicted molar refractivity (Wildman–Crippen MR) is 113 cm³/mol. The number of carbonyl (C=O) groups excluding carboxylic acids is 2. The normalized spacial score (nSPS) is 11.8. The first-order valence-electron chi connectivity index (χ1n) is 9.78. The summed E-state index contributed by atoms with van der Waals surface area (Å²) in [6.07, 6.45) is 0.144. The first-order valence-corrected chi connectivity index (χ1v) is 9.78. The molecule has 0 aliphatic carbocycles. The van der Waals surface area contributed by atoms with Crippen LogP contribution in [0.2, 0.25) is 0 Å². The van der Waals surface area contributed by atoms with E-state index >= 15 is 0 Å². The molecule has 2 N–H and O–H groups in total. The highest BCUT2D eigenvalue weighted by molar-refractivity contribution is 6.04. The molecule has 5 heteroatoms. The molecule has 150 valence electrons. The molecule has 0 aliphatic rings. The number of hydrogen-bond donors (Lipinski definition) is 2. The van der Waals surface area contributed by atoms with E-state index in [4.69, 9.17) is 4.74 Å². The van der Waals surface area contributed by atoms with Crippen LogP contribution in [0.25, 0.3) is 0 Å². The van der Waals surface area contributed by atoms with E-state index in [2.05, 4.69) is 24.5 Å². The van der Waals surface area contributed by atoms with E-state index in [1.807, 2.05) is 32.0 Å². The van der Waals surface area contributed by atoms with E-state index in [0.717, 1.165) is 17.5 Å². The molecule has 2 aromatic carbocycles. The number of anilines is 1. The summed E-state index contributed by atoms with van der Waals surface area (Å²) in [7, 11) is 0. The van der Waals surface area contributed by atoms with Gasteiger partial charge in [-0.1, -0.05) is 45.0 Å². The lowest BCUT2D eigenvalue weighted by Crippen LogP contribution is -2.32. The Morgan fingerprint density at radius 3 is 2.46 bits per heavy atom. The summed E-state index contributed by atoms with van der Waals surface area (Å²) in [6.45, 7) is 10.5. The fourth-order valence-electron chi connectivity index (χ4n) is 2.82. The molecule has 2 amide bonds. The van der Waals surface area contributed by atoms with E-state index in [1.54, 1.807) is 31.2 Å². The minimum Gasteiger partial charge on any atom is -0.481 e. The van der Waals surface area contributed by atoms with Crippen molar-refractivity contribution in [2.24, 2.45) is 0 Å². The molecule has 1 atom stereocenters. The third kappa shape index (κ3) is 5.59. The van der Waals surface area contributed by atoms with Gasteiger partial charge in [-0.05, 0) is 55.5 Å². The summed E-state index contributed by atoms with van der Waals surface area (Å²) in [5.74, 6) is 0.500. The number of rotatable bonds is 8. The van der Waals surface area contributed by atoms with Crippen molar-refractivity contribution in [1.82, 2.24) is 5.32 Å². The molecule has 28 heavy (non-hydrogen) atoms. The summed E-state index contributed by atoms with van der Waals surface area (Å²) in [4.78, 5) is 25.0. The lowest BCUT2D eigenvalue weighted by atomic mass is 10.0. The van der Waals surface area contributed by atoms with Crippen molar-refractivity contribution in [2.75, 3.05) is 11.9 Å². The molecule has 2 aromatic rings. The standard InChI is InChI=1S/C23H30N2O3/c1-6-13-24-23(27)19-9-7-8-10-20(19)25-22(26)17(5)28-21-14-16(4)11-12-18(21)15(2)3/h7-12,14-15,17H,6,13H2,1-5H3,(H,24,27)(H,25,26)/t17-/m0/s1. The number of para-hydroxylation sites is 1. The van der Waals surface area contributed by atoms with Crippen LogP contribution in [-0.4, -0.2) is 24.5 Å². The lowest BCUT2D eigenvalue weighted by molar-refractivity contribution is -0.122. The molecule has 0 heterocycles. The lowest BCUT2D eigenvalue weighted by Gasteiger charge is -2.20. The van der Waals surface area contributed by atoms with Gasteiger partial charge in [0.15, 0.2) is 6.10 Å². The first kappa shape index (κ1) is 21.5. The van der Waals surface area contributed by atoms with Gasteiger partial charge >= 0.3 is 0 Å². The van der Waals surface area contributed by atoms with Gasteiger partial charge in [-0.25, -0.2) is 0 Å². The van der Waals surface area contributed by atoms with Crippen LogP contribution in [0.1, 0.15) is 61.5 Å². The summed E-state index contributed by atoms with van der Waals surface area (Å²) in [5.41, 5.74) is 3.05. The third-order valence-electron chi connectivity index (χ3n) is 4.43. The highest BCUT2D eigenvalue weighted by atomic mass is 16.5. The van der Waals surface area contributed by atoms with E-state index < -0.39 is 6.10 Å². The van der Waals surface area contributed by atoms with Gasteiger partial charge in [-0.3, -0.25) is 9.59 Å². The number of amides is 2. The van der Waals surface area contributed by atoms with Crippen molar-refractivity contribution in [3.05, 3.63) is 59.2 Å². The molecule has 0 saturated carbocycles. The van der Waals surface area contributed by atoms with E-state index in [0.29, 0.717) is 23.5 Å². The average Bonchev–Trinajstić information content (AvgIpc) is 2.66. The predicted octanol–water partition coefficient (Wildman–Crippen LogP) is 4.66. The first-order chi connectivity index (χ1) is 13.3. The minimum absolute atomic E-state index is 0.202. The Kier molecular flexibility index (Phi) is 7.61. The van der Waals surface area contributed by atoms with Crippen LogP contribution in [0.4, 0.5) is 5.69 Å². The third-order valence-corrected chi connectivity index (χ3v) is 4.43. The van der Waals surface area contributed by atoms with E-state index in [9.17, 15) is 9.59 Å². The number of carbonyl (C=O) groups is 2. The second-order valence-electron chi connectivity index (χ2n) is 7.25. The summed E-state index contributed by atoms with van der Waals surface area (Å²) in [6, 6.07) is 13.0. The zero-order chi connectivity index (χ0) is 20.7. The number of hydrogen-bond acceptors (Lipinski definition) is 3. The molecule has 0 bridgehead atoms. The van der Waals surface area contributed by atoms with Crippen molar-refractivity contribution in [1.29, 1.82) is 0 Å². The van der Waals surface area contributed by atoms with Gasteiger partial charge in [0.2, 0.25) is 0 Å². The number of nitrogens with one attached hydrogen (secondary N) is 2. The topological polar surface area (TPSA) is 67.4 Å². The van der Waals surface area contributed by atoms with Gasteiger partial charge in [-0.15, -0.1) is 0 Å². The van der Waals surface area contributed by atoms with Crippen LogP contribution in [0.5, 0.6) is 5.75 Å². The highest BCUT2D eigenvalue weighted by Gasteiger charge is 2.20. The summed E-state index contributed by atoms with van der Waals surface area (Å²) in [5, 5.41) is 5.66. The molecule has 0 saturated heterocycles. The second kappa shape index (κ2) is 9.93. The molecule has 5 nitrogen and oxygen atoms in total. The summed E-state index contributed by atoms with van der Waals surface area (Å²) < 4.78 is 5.97. The van der Waals surface area contributed by atoms with E-state index in [1.165, 1.54) is 0 Å². The van der Waals surface area contributed by atoms with Crippen LogP contribution < -0.4 is 15.4 Å². The van der Waals surface area contributed by atoms with Gasteiger partial charge in [0.05, 0.1) is 11.3 Å². The maximum Gasteiger partial charge on any atom is 0.265 e. The minimum atomic E-state index is -0.703. The van der Waals surface area contributed by atoms with Crippen LogP contribution in [0, 0.1) is 6.92 Å². The van der Waals surface area contributed by atoms with Gasteiger partial charge in [0, 0.05) is 6.54 Å². The molecular formula is C23H30N2O3. The summed E-state index contributed by atoms with van der Waals surface area (Å²) >= 11 is 0. The molecule has 0 unspecified atom stereocenters. The average molecular weight is 383 g/mol. The maximum absolute atomic E-state index is 12.7. The maximum atomic E-state index is 12.7. The molecule has 0 fully saturated rings. The molecule has 0 aromatic heterocycles. The Hall–Kier alpha value is -2.82. The van der Waals surface area contributed by atoms with E-state index in [-0.39, 0.29) is 17.7 Å². The number of benzene rings is 2. The van der Waals surface area contributed by atoms with Crippen LogP contribution in [0.15, 0.2) is 42.5 Å². The van der Waals surface area contributed by atoms with Crippen molar-refractivity contribution in [2.45, 2.75) is 53.1 Å². The molecule has 0 radical (unpaired) electrons. The van der Waals surface area contributed by atoms with Gasteiger partial charge in [0.1, 0.15) is 5.75 Å². The fourth-order valence-corrected chi connectivity index (χ4v) is 2.82. The monoisotopic (exact) mass is 382 g/mol. The van der Waals surface area contributed by atoms with Gasteiger partial charge in [0.25, 0.3) is 11.8 Å². The van der Waals surface area contributed by atoms with Crippen molar-refractivity contribution in [3.63, 3.8) is 0 Å². The Labute approximate surface area is 167 Å². The van der Waals surface area contributed by atoms with Crippen molar-refractivity contribution < 1.29 is 14.3 Å². The molecular weight excluding hydrogens is 352 g/mol. The number of ether oxygens (including phenoxy) is 1. The Morgan fingerprint density at radius 1 is 1.07 bits per heavy atom. The Balaban J connectivity index is 2.14. The number of aryl methyl sites for hydroxylation is 1. The van der Waals surface area contributed by atoms with Crippen LogP contribution in [-0.2, 0) is 4.79 Å². The smallest absolute Gasteiger partial charge is 0.265 e. The Bertz CT molecular complexity index is 830. The molecule has 0 aliphatic heterocycles. The van der Waals surface area contributed by atoms with Crippen molar-refractivity contribution >= 4 is 17.5 Å². The SMILES string of the molecule is CCCNC(=O)c1ccccc1NC(=O)[C@H](C)Oc1cc(C)ccc1C(C)C. The molecule has 0 spiro atoms. The van der Waals surface area contributed by atoms with Crippen molar-refractivity contribution in [3.8, 4) is 5.75 Å². The zero-order valence-electron chi connectivity index (χ0n) is 17.3. The van der Waals surface area contributed by atoms with Gasteiger partial charge in [-0.2, -0.15) is 0 Å². The quantitative estimate of drug-likeness (QED) is 0.697. The highest BCUT2D eigenvalue weighted by Crippen LogP contribution is 2.28. The van der Waals surface area contributed by atoms with Crippen LogP contribution >= 0.6 is 0 Å². The fraction of sp³-hybridized carbons (Fsp3) is 0.391. The molecule has 2 rings (SSSR count). The van der Waals surface area contributed by atoms with Crippen LogP contribution in [0.3, 0.4) is 0 Å². The Morgan fingerprint density at radius 2 is 1.79 bits per heavy atom. The largest absolute Gasteiger partial charge is 0.481 e.